The maximum atomic E-state index is 13.7. The van der Waals surface area contributed by atoms with E-state index in [1.165, 1.54) is 12.0 Å². The van der Waals surface area contributed by atoms with Crippen LogP contribution in [0.4, 0.5) is 10.5 Å². The maximum Gasteiger partial charge on any atom is 0.412 e. The van der Waals surface area contributed by atoms with Gasteiger partial charge in [0.05, 0.1) is 31.0 Å². The molecule has 0 saturated carbocycles. The summed E-state index contributed by atoms with van der Waals surface area (Å²) < 4.78 is 18.1. The fraction of sp³-hybridized carbons (Fsp3) is 0.643. The summed E-state index contributed by atoms with van der Waals surface area (Å²) in [6.07, 6.45) is 1.65. The Morgan fingerprint density at radius 1 is 1.08 bits per heavy atom. The number of carbonyl (C=O) groups excluding carboxylic acids is 2. The summed E-state index contributed by atoms with van der Waals surface area (Å²) in [4.78, 5) is 28.0. The molecule has 0 saturated heterocycles. The quantitative estimate of drug-likeness (QED) is 0.342. The minimum Gasteiger partial charge on any atom is -0.540 e. The molecular formula is C28H46N2O6Si. The molecule has 0 radical (unpaired) electrons. The molecule has 0 spiro atoms. The molecule has 1 aromatic rings. The van der Waals surface area contributed by atoms with Crippen LogP contribution in [-0.4, -0.2) is 55.7 Å². The van der Waals surface area contributed by atoms with Gasteiger partial charge in [-0.2, -0.15) is 0 Å². The van der Waals surface area contributed by atoms with Crippen LogP contribution in [0.25, 0.3) is 0 Å². The lowest BCUT2D eigenvalue weighted by Crippen LogP contribution is -2.50. The standard InChI is InChI=1S/C28H46N2O6Si/c1-17(2)37(18(3)4,19(5)6)36-25-14-23(29-27(33)35-28(8,9)10)22(13-24(25)34-11)26(32)30-15-20(7)12-21(30)16-31/h13-15,17-19,21,31H,12,16H2,1-11H3,(H,29,33)/t21-/m0/s1. The molecule has 1 aliphatic rings. The number of nitrogens with one attached hydrogen (secondary N) is 1. The number of hydrogen-bond acceptors (Lipinski definition) is 6. The fourth-order valence-corrected chi connectivity index (χ4v) is 10.7. The number of amides is 2. The molecule has 37 heavy (non-hydrogen) atoms. The first-order valence-electron chi connectivity index (χ1n) is 13.1. The second-order valence-corrected chi connectivity index (χ2v) is 17.2. The Morgan fingerprint density at radius 3 is 2.11 bits per heavy atom. The minimum absolute atomic E-state index is 0.169. The van der Waals surface area contributed by atoms with Crippen molar-refractivity contribution < 1.29 is 28.6 Å². The van der Waals surface area contributed by atoms with Gasteiger partial charge < -0.3 is 23.9 Å². The molecule has 208 valence electrons. The Morgan fingerprint density at radius 2 is 1.65 bits per heavy atom. The first-order chi connectivity index (χ1) is 17.1. The molecule has 9 heteroatoms. The highest BCUT2D eigenvalue weighted by Crippen LogP contribution is 2.46. The zero-order valence-electron chi connectivity index (χ0n) is 24.4. The van der Waals surface area contributed by atoms with Crippen molar-refractivity contribution >= 4 is 26.0 Å². The number of anilines is 1. The highest BCUT2D eigenvalue weighted by molar-refractivity contribution is 6.78. The number of rotatable bonds is 9. The highest BCUT2D eigenvalue weighted by atomic mass is 28.4. The monoisotopic (exact) mass is 534 g/mol. The lowest BCUT2D eigenvalue weighted by atomic mass is 10.1. The third-order valence-corrected chi connectivity index (χ3v) is 12.9. The summed E-state index contributed by atoms with van der Waals surface area (Å²) >= 11 is 0. The van der Waals surface area contributed by atoms with E-state index in [0.29, 0.717) is 34.5 Å². The van der Waals surface area contributed by atoms with Crippen LogP contribution in [0.1, 0.15) is 86.0 Å². The summed E-state index contributed by atoms with van der Waals surface area (Å²) in [5.74, 6) is 0.545. The minimum atomic E-state index is -2.38. The van der Waals surface area contributed by atoms with E-state index >= 15 is 0 Å². The van der Waals surface area contributed by atoms with Crippen molar-refractivity contribution in [3.05, 3.63) is 29.5 Å². The number of carbonyl (C=O) groups is 2. The van der Waals surface area contributed by atoms with Gasteiger partial charge in [0.1, 0.15) is 11.4 Å². The summed E-state index contributed by atoms with van der Waals surface area (Å²) in [6, 6.07) is 2.91. The molecule has 1 aliphatic heterocycles. The topological polar surface area (TPSA) is 97.3 Å². The lowest BCUT2D eigenvalue weighted by Gasteiger charge is -2.42. The van der Waals surface area contributed by atoms with Gasteiger partial charge in [-0.05, 0) is 56.8 Å². The largest absolute Gasteiger partial charge is 0.540 e. The van der Waals surface area contributed by atoms with E-state index in [-0.39, 0.29) is 29.8 Å². The van der Waals surface area contributed by atoms with Gasteiger partial charge in [0.2, 0.25) is 0 Å². The normalized spacial score (nSPS) is 16.4. The molecule has 8 nitrogen and oxygen atoms in total. The van der Waals surface area contributed by atoms with Crippen molar-refractivity contribution in [3.63, 3.8) is 0 Å². The van der Waals surface area contributed by atoms with Crippen LogP contribution in [0, 0.1) is 0 Å². The third kappa shape index (κ3) is 6.87. The maximum absolute atomic E-state index is 13.7. The number of aliphatic hydroxyl groups is 1. The van der Waals surface area contributed by atoms with Crippen LogP contribution >= 0.6 is 0 Å². The molecule has 0 aliphatic carbocycles. The number of benzene rings is 1. The first-order valence-corrected chi connectivity index (χ1v) is 15.2. The predicted octanol–water partition coefficient (Wildman–Crippen LogP) is 6.71. The first kappa shape index (κ1) is 30.7. The number of methoxy groups -OCH3 is 1. The van der Waals surface area contributed by atoms with Crippen LogP contribution in [0.2, 0.25) is 16.6 Å². The van der Waals surface area contributed by atoms with Crippen LogP contribution in [0.5, 0.6) is 11.5 Å². The summed E-state index contributed by atoms with van der Waals surface area (Å²) in [6.45, 7) is 20.2. The van der Waals surface area contributed by atoms with E-state index < -0.39 is 20.0 Å². The fourth-order valence-electron chi connectivity index (χ4n) is 5.42. The Labute approximate surface area is 223 Å². The van der Waals surface area contributed by atoms with Crippen molar-refractivity contribution in [1.82, 2.24) is 4.90 Å². The number of ether oxygens (including phenoxy) is 2. The van der Waals surface area contributed by atoms with Gasteiger partial charge in [-0.3, -0.25) is 10.1 Å². The van der Waals surface area contributed by atoms with E-state index in [1.54, 1.807) is 39.1 Å². The van der Waals surface area contributed by atoms with Gasteiger partial charge >= 0.3 is 6.09 Å². The second kappa shape index (κ2) is 11.9. The van der Waals surface area contributed by atoms with Crippen molar-refractivity contribution in [1.29, 1.82) is 0 Å². The number of aliphatic hydroxyl groups excluding tert-OH is 1. The molecule has 0 fully saturated rings. The molecule has 2 N–H and O–H groups in total. The zero-order chi connectivity index (χ0) is 28.3. The Balaban J connectivity index is 2.68. The van der Waals surface area contributed by atoms with Crippen LogP contribution in [0.3, 0.4) is 0 Å². The summed E-state index contributed by atoms with van der Waals surface area (Å²) in [7, 11) is -0.836. The Kier molecular flexibility index (Phi) is 9.87. The van der Waals surface area contributed by atoms with E-state index in [2.05, 4.69) is 46.9 Å². The van der Waals surface area contributed by atoms with E-state index in [4.69, 9.17) is 13.9 Å². The average Bonchev–Trinajstić information content (AvgIpc) is 3.15. The average molecular weight is 535 g/mol. The summed E-state index contributed by atoms with van der Waals surface area (Å²) in [5.41, 5.74) is 1.69. The lowest BCUT2D eigenvalue weighted by molar-refractivity contribution is 0.0636. The van der Waals surface area contributed by atoms with Crippen LogP contribution in [-0.2, 0) is 4.74 Å². The Hall–Kier alpha value is -2.52. The van der Waals surface area contributed by atoms with Gasteiger partial charge in [-0.1, -0.05) is 47.1 Å². The van der Waals surface area contributed by atoms with Crippen molar-refractivity contribution in [2.24, 2.45) is 0 Å². The van der Waals surface area contributed by atoms with Crippen molar-refractivity contribution in [2.75, 3.05) is 19.0 Å². The van der Waals surface area contributed by atoms with E-state index in [9.17, 15) is 14.7 Å². The van der Waals surface area contributed by atoms with Crippen LogP contribution < -0.4 is 14.5 Å². The molecule has 0 unspecified atom stereocenters. The van der Waals surface area contributed by atoms with Gasteiger partial charge in [-0.25, -0.2) is 4.79 Å². The molecule has 2 amide bonds. The molecule has 1 heterocycles. The predicted molar refractivity (Wildman–Crippen MR) is 150 cm³/mol. The van der Waals surface area contributed by atoms with Gasteiger partial charge in [0.15, 0.2) is 5.75 Å². The van der Waals surface area contributed by atoms with E-state index in [1.807, 2.05) is 6.92 Å². The van der Waals surface area contributed by atoms with Crippen LogP contribution in [0.15, 0.2) is 23.9 Å². The van der Waals surface area contributed by atoms with Crippen molar-refractivity contribution in [3.8, 4) is 11.5 Å². The molecule has 1 aromatic carbocycles. The molecular weight excluding hydrogens is 488 g/mol. The summed E-state index contributed by atoms with van der Waals surface area (Å²) in [5, 5.41) is 12.6. The highest BCUT2D eigenvalue weighted by Gasteiger charge is 2.47. The van der Waals surface area contributed by atoms with Gasteiger partial charge in [-0.15, -0.1) is 0 Å². The Bertz CT molecular complexity index is 991. The molecule has 0 aromatic heterocycles. The molecule has 0 bridgehead atoms. The SMILES string of the molecule is COc1cc(C(=O)N2C=C(C)C[C@H]2CO)c(NC(=O)OC(C)(C)C)cc1O[Si](C(C)C)(C(C)C)C(C)C. The zero-order valence-corrected chi connectivity index (χ0v) is 25.4. The number of hydrogen-bond donors (Lipinski definition) is 2. The van der Waals surface area contributed by atoms with E-state index in [0.717, 1.165) is 5.57 Å². The third-order valence-electron chi connectivity index (χ3n) is 6.92. The number of nitrogens with zero attached hydrogens (tertiary/aromatic N) is 1. The van der Waals surface area contributed by atoms with Crippen molar-refractivity contribution in [2.45, 2.75) is 104 Å². The smallest absolute Gasteiger partial charge is 0.412 e. The molecule has 1 atom stereocenters. The second-order valence-electron chi connectivity index (χ2n) is 11.8. The molecule has 2 rings (SSSR count). The van der Waals surface area contributed by atoms with Gasteiger partial charge in [0, 0.05) is 12.3 Å². The van der Waals surface area contributed by atoms with Gasteiger partial charge in [0.25, 0.3) is 14.2 Å².